The van der Waals surface area contributed by atoms with Gasteiger partial charge in [-0.25, -0.2) is 0 Å². The lowest BCUT2D eigenvalue weighted by molar-refractivity contribution is 0.198. The van der Waals surface area contributed by atoms with E-state index in [1.54, 1.807) is 14.2 Å². The van der Waals surface area contributed by atoms with Crippen LogP contribution in [0, 0.1) is 0 Å². The first kappa shape index (κ1) is 12.3. The number of ether oxygens (including phenoxy) is 2. The summed E-state index contributed by atoms with van der Waals surface area (Å²) in [4.78, 5) is 0. The molecule has 0 saturated carbocycles. The third-order valence-corrected chi connectivity index (χ3v) is 2.42. The molecule has 1 rings (SSSR count). The lowest BCUT2D eigenvalue weighted by atomic mass is 10.3. The molecule has 0 aliphatic carbocycles. The van der Waals surface area contributed by atoms with Crippen LogP contribution in [0.3, 0.4) is 0 Å². The molecule has 0 atom stereocenters. The summed E-state index contributed by atoms with van der Waals surface area (Å²) in [6, 6.07) is 5.92. The molecule has 0 amide bonds. The van der Waals surface area contributed by atoms with Crippen molar-refractivity contribution < 1.29 is 9.47 Å². The van der Waals surface area contributed by atoms with Crippen LogP contribution in [0.1, 0.15) is 6.42 Å². The summed E-state index contributed by atoms with van der Waals surface area (Å²) in [7, 11) is 3.37. The van der Waals surface area contributed by atoms with Crippen molar-refractivity contribution in [1.29, 1.82) is 0 Å². The molecule has 0 spiro atoms. The van der Waals surface area contributed by atoms with Crippen LogP contribution < -0.4 is 10.1 Å². The van der Waals surface area contributed by atoms with Crippen LogP contribution in [0.2, 0.25) is 0 Å². The third-order valence-electron chi connectivity index (χ3n) is 1.96. The first-order chi connectivity index (χ1) is 7.26. The summed E-state index contributed by atoms with van der Waals surface area (Å²) in [5.74, 6) is 0.846. The van der Waals surface area contributed by atoms with Gasteiger partial charge in [-0.3, -0.25) is 0 Å². The Morgan fingerprint density at radius 3 is 2.73 bits per heavy atom. The molecule has 0 aliphatic rings. The van der Waals surface area contributed by atoms with Gasteiger partial charge in [0.2, 0.25) is 0 Å². The van der Waals surface area contributed by atoms with Crippen molar-refractivity contribution >= 4 is 21.6 Å². The third kappa shape index (κ3) is 4.53. The average molecular weight is 274 g/mol. The van der Waals surface area contributed by atoms with Gasteiger partial charge in [0, 0.05) is 36.5 Å². The smallest absolute Gasteiger partial charge is 0.122 e. The Kier molecular flexibility index (Phi) is 5.50. The minimum Gasteiger partial charge on any atom is -0.497 e. The summed E-state index contributed by atoms with van der Waals surface area (Å²) < 4.78 is 11.2. The first-order valence-corrected chi connectivity index (χ1v) is 5.63. The van der Waals surface area contributed by atoms with Crippen LogP contribution >= 0.6 is 15.9 Å². The number of halogens is 1. The first-order valence-electron chi connectivity index (χ1n) is 4.83. The fraction of sp³-hybridized carbons (Fsp3) is 0.455. The Morgan fingerprint density at radius 2 is 2.07 bits per heavy atom. The van der Waals surface area contributed by atoms with E-state index in [0.29, 0.717) is 0 Å². The number of nitrogens with one attached hydrogen (secondary N) is 1. The Labute approximate surface area is 98.9 Å². The molecular formula is C11H16BrNO2. The highest BCUT2D eigenvalue weighted by atomic mass is 79.9. The summed E-state index contributed by atoms with van der Waals surface area (Å²) in [5.41, 5.74) is 1.05. The minimum atomic E-state index is 0.776. The molecule has 1 aromatic rings. The largest absolute Gasteiger partial charge is 0.497 e. The minimum absolute atomic E-state index is 0.776. The Balaban J connectivity index is 2.49. The van der Waals surface area contributed by atoms with Gasteiger partial charge >= 0.3 is 0 Å². The van der Waals surface area contributed by atoms with E-state index in [2.05, 4.69) is 21.2 Å². The van der Waals surface area contributed by atoms with Gasteiger partial charge in [-0.05, 0) is 18.6 Å². The quantitative estimate of drug-likeness (QED) is 0.809. The molecule has 0 fully saturated rings. The predicted molar refractivity (Wildman–Crippen MR) is 65.7 cm³/mol. The molecule has 0 heterocycles. The molecule has 0 saturated heterocycles. The summed E-state index contributed by atoms with van der Waals surface area (Å²) in [6.45, 7) is 1.67. The highest BCUT2D eigenvalue weighted by Gasteiger charge is 1.98. The second-order valence-electron chi connectivity index (χ2n) is 3.15. The normalized spacial score (nSPS) is 10.1. The molecule has 0 bridgehead atoms. The molecule has 0 unspecified atom stereocenters. The summed E-state index contributed by atoms with van der Waals surface area (Å²) in [6.07, 6.45) is 0.991. The van der Waals surface area contributed by atoms with Gasteiger partial charge in [-0.2, -0.15) is 0 Å². The Hall–Kier alpha value is -0.740. The fourth-order valence-corrected chi connectivity index (χ4v) is 1.70. The number of hydrogen-bond acceptors (Lipinski definition) is 3. The lowest BCUT2D eigenvalue weighted by Gasteiger charge is -2.08. The molecule has 0 aromatic heterocycles. The Morgan fingerprint density at radius 1 is 1.27 bits per heavy atom. The number of methoxy groups -OCH3 is 2. The van der Waals surface area contributed by atoms with E-state index in [1.807, 2.05) is 18.2 Å². The van der Waals surface area contributed by atoms with E-state index < -0.39 is 0 Å². The van der Waals surface area contributed by atoms with E-state index in [4.69, 9.17) is 9.47 Å². The van der Waals surface area contributed by atoms with Crippen molar-refractivity contribution in [2.24, 2.45) is 0 Å². The second-order valence-corrected chi connectivity index (χ2v) is 4.07. The maximum atomic E-state index is 5.17. The highest BCUT2D eigenvalue weighted by Crippen LogP contribution is 2.24. The van der Waals surface area contributed by atoms with Crippen molar-refractivity contribution in [3.63, 3.8) is 0 Å². The fourth-order valence-electron chi connectivity index (χ4n) is 1.23. The van der Waals surface area contributed by atoms with Crippen LogP contribution in [0.15, 0.2) is 22.7 Å². The van der Waals surface area contributed by atoms with Gasteiger partial charge in [0.1, 0.15) is 5.75 Å². The van der Waals surface area contributed by atoms with E-state index in [1.165, 1.54) is 0 Å². The SMILES string of the molecule is COCCCNc1cc(Br)cc(OC)c1. The molecule has 1 aromatic carbocycles. The topological polar surface area (TPSA) is 30.5 Å². The van der Waals surface area contributed by atoms with Gasteiger partial charge in [0.25, 0.3) is 0 Å². The monoisotopic (exact) mass is 273 g/mol. The van der Waals surface area contributed by atoms with Crippen LogP contribution in [-0.4, -0.2) is 27.4 Å². The summed E-state index contributed by atoms with van der Waals surface area (Å²) >= 11 is 3.43. The highest BCUT2D eigenvalue weighted by molar-refractivity contribution is 9.10. The van der Waals surface area contributed by atoms with Crippen LogP contribution in [0.4, 0.5) is 5.69 Å². The number of hydrogen-bond donors (Lipinski definition) is 1. The molecular weight excluding hydrogens is 258 g/mol. The van der Waals surface area contributed by atoms with Gasteiger partial charge < -0.3 is 14.8 Å². The molecule has 0 radical (unpaired) electrons. The second kappa shape index (κ2) is 6.69. The van der Waals surface area contributed by atoms with E-state index >= 15 is 0 Å². The van der Waals surface area contributed by atoms with Gasteiger partial charge in [0.05, 0.1) is 7.11 Å². The molecule has 1 N–H and O–H groups in total. The number of rotatable bonds is 6. The van der Waals surface area contributed by atoms with Crippen LogP contribution in [-0.2, 0) is 4.74 Å². The molecule has 15 heavy (non-hydrogen) atoms. The number of benzene rings is 1. The van der Waals surface area contributed by atoms with E-state index in [9.17, 15) is 0 Å². The van der Waals surface area contributed by atoms with Crippen molar-refractivity contribution in [3.8, 4) is 5.75 Å². The van der Waals surface area contributed by atoms with Gasteiger partial charge in [-0.1, -0.05) is 15.9 Å². The van der Waals surface area contributed by atoms with E-state index in [-0.39, 0.29) is 0 Å². The zero-order valence-corrected chi connectivity index (χ0v) is 10.6. The zero-order valence-electron chi connectivity index (χ0n) is 9.05. The number of anilines is 1. The molecule has 84 valence electrons. The standard InChI is InChI=1S/C11H16BrNO2/c1-14-5-3-4-13-10-6-9(12)7-11(8-10)15-2/h6-8,13H,3-5H2,1-2H3. The molecule has 0 aliphatic heterocycles. The lowest BCUT2D eigenvalue weighted by Crippen LogP contribution is -2.04. The van der Waals surface area contributed by atoms with E-state index in [0.717, 1.165) is 35.5 Å². The predicted octanol–water partition coefficient (Wildman–Crippen LogP) is 2.91. The van der Waals surface area contributed by atoms with Crippen LogP contribution in [0.5, 0.6) is 5.75 Å². The van der Waals surface area contributed by atoms with Crippen molar-refractivity contribution in [2.45, 2.75) is 6.42 Å². The van der Waals surface area contributed by atoms with Crippen LogP contribution in [0.25, 0.3) is 0 Å². The van der Waals surface area contributed by atoms with Crippen molar-refractivity contribution in [3.05, 3.63) is 22.7 Å². The molecule has 3 nitrogen and oxygen atoms in total. The maximum absolute atomic E-state index is 5.17. The Bertz CT molecular complexity index is 305. The van der Waals surface area contributed by atoms with Gasteiger partial charge in [0.15, 0.2) is 0 Å². The maximum Gasteiger partial charge on any atom is 0.122 e. The average Bonchev–Trinajstić information content (AvgIpc) is 2.23. The molecule has 4 heteroatoms. The van der Waals surface area contributed by atoms with Crippen molar-refractivity contribution in [2.75, 3.05) is 32.7 Å². The summed E-state index contributed by atoms with van der Waals surface area (Å²) in [5, 5.41) is 3.30. The zero-order chi connectivity index (χ0) is 11.1. The van der Waals surface area contributed by atoms with Crippen molar-refractivity contribution in [1.82, 2.24) is 0 Å². The van der Waals surface area contributed by atoms with Gasteiger partial charge in [-0.15, -0.1) is 0 Å².